The molecule has 0 radical (unpaired) electrons. The van der Waals surface area contributed by atoms with Gasteiger partial charge in [-0.1, -0.05) is 37.6 Å². The van der Waals surface area contributed by atoms with Gasteiger partial charge in [0.1, 0.15) is 0 Å². The van der Waals surface area contributed by atoms with Crippen LogP contribution >= 0.6 is 0 Å². The molecule has 0 atom stereocenters. The Bertz CT molecular complexity index is 358. The van der Waals surface area contributed by atoms with Crippen molar-refractivity contribution in [2.45, 2.75) is 51.7 Å². The number of hydrogen-bond donors (Lipinski definition) is 1. The van der Waals surface area contributed by atoms with Crippen LogP contribution < -0.4 is 5.32 Å². The van der Waals surface area contributed by atoms with Gasteiger partial charge in [0, 0.05) is 19.1 Å². The Labute approximate surface area is 111 Å². The van der Waals surface area contributed by atoms with Gasteiger partial charge in [-0.05, 0) is 44.0 Å². The number of nitrogens with one attached hydrogen (secondary N) is 1. The summed E-state index contributed by atoms with van der Waals surface area (Å²) >= 11 is 0. The van der Waals surface area contributed by atoms with Gasteiger partial charge in [-0.2, -0.15) is 0 Å². The van der Waals surface area contributed by atoms with Crippen LogP contribution in [0.1, 0.15) is 43.7 Å². The molecule has 0 aliphatic heterocycles. The second-order valence-corrected chi connectivity index (χ2v) is 5.41. The topological polar surface area (TPSA) is 15.3 Å². The lowest BCUT2D eigenvalue weighted by Gasteiger charge is -2.22. The summed E-state index contributed by atoms with van der Waals surface area (Å²) in [5.74, 6) is 0. The lowest BCUT2D eigenvalue weighted by atomic mass is 10.1. The van der Waals surface area contributed by atoms with Crippen molar-refractivity contribution in [3.8, 4) is 0 Å². The lowest BCUT2D eigenvalue weighted by molar-refractivity contribution is 0.250. The van der Waals surface area contributed by atoms with Crippen molar-refractivity contribution in [1.82, 2.24) is 10.2 Å². The van der Waals surface area contributed by atoms with Crippen molar-refractivity contribution in [3.05, 3.63) is 35.4 Å². The molecular weight excluding hydrogens is 220 g/mol. The summed E-state index contributed by atoms with van der Waals surface area (Å²) in [4.78, 5) is 2.67. The molecule has 2 nitrogen and oxygen atoms in total. The average Bonchev–Trinajstić information content (AvgIpc) is 3.19. The van der Waals surface area contributed by atoms with Crippen molar-refractivity contribution in [2.24, 2.45) is 0 Å². The maximum atomic E-state index is 3.22. The summed E-state index contributed by atoms with van der Waals surface area (Å²) in [6.07, 6.45) is 5.43. The second kappa shape index (κ2) is 6.91. The zero-order chi connectivity index (χ0) is 12.8. The fraction of sp³-hybridized carbons (Fsp3) is 0.625. The molecule has 1 aliphatic carbocycles. The number of rotatable bonds is 8. The molecule has 1 aromatic carbocycles. The molecule has 1 saturated carbocycles. The van der Waals surface area contributed by atoms with Crippen LogP contribution in [0.15, 0.2) is 24.3 Å². The monoisotopic (exact) mass is 246 g/mol. The first-order valence-corrected chi connectivity index (χ1v) is 7.30. The maximum Gasteiger partial charge on any atom is 0.0236 e. The van der Waals surface area contributed by atoms with Crippen molar-refractivity contribution in [3.63, 3.8) is 0 Å². The molecule has 0 aromatic heterocycles. The molecule has 1 aromatic rings. The number of benzene rings is 1. The van der Waals surface area contributed by atoms with E-state index in [1.54, 1.807) is 0 Å². The van der Waals surface area contributed by atoms with Crippen molar-refractivity contribution in [2.75, 3.05) is 13.6 Å². The predicted octanol–water partition coefficient (Wildman–Crippen LogP) is 3.17. The van der Waals surface area contributed by atoms with Crippen LogP contribution in [0.2, 0.25) is 0 Å². The second-order valence-electron chi connectivity index (χ2n) is 5.41. The summed E-state index contributed by atoms with van der Waals surface area (Å²) in [7, 11) is 2.00. The van der Waals surface area contributed by atoms with Gasteiger partial charge in [-0.15, -0.1) is 0 Å². The zero-order valence-electron chi connectivity index (χ0n) is 11.8. The van der Waals surface area contributed by atoms with E-state index in [1.807, 2.05) is 7.05 Å². The molecule has 0 bridgehead atoms. The number of hydrogen-bond acceptors (Lipinski definition) is 2. The molecular formula is C16H26N2. The molecule has 0 heterocycles. The van der Waals surface area contributed by atoms with Gasteiger partial charge in [0.05, 0.1) is 0 Å². The van der Waals surface area contributed by atoms with Crippen LogP contribution in [0.4, 0.5) is 0 Å². The van der Waals surface area contributed by atoms with E-state index in [1.165, 1.54) is 43.4 Å². The van der Waals surface area contributed by atoms with Crippen molar-refractivity contribution < 1.29 is 0 Å². The Kier molecular flexibility index (Phi) is 5.21. The van der Waals surface area contributed by atoms with Gasteiger partial charge in [0.15, 0.2) is 0 Å². The van der Waals surface area contributed by atoms with Gasteiger partial charge in [-0.3, -0.25) is 4.90 Å². The summed E-state index contributed by atoms with van der Waals surface area (Å²) in [6.45, 7) is 5.63. The van der Waals surface area contributed by atoms with Gasteiger partial charge in [0.25, 0.3) is 0 Å². The molecule has 100 valence electrons. The fourth-order valence-electron chi connectivity index (χ4n) is 2.47. The minimum atomic E-state index is 0.865. The highest BCUT2D eigenvalue weighted by atomic mass is 15.2. The molecule has 0 saturated heterocycles. The molecule has 2 heteroatoms. The lowest BCUT2D eigenvalue weighted by Crippen LogP contribution is -2.26. The van der Waals surface area contributed by atoms with Crippen LogP contribution in [-0.2, 0) is 13.1 Å². The van der Waals surface area contributed by atoms with E-state index in [2.05, 4.69) is 41.4 Å². The molecule has 18 heavy (non-hydrogen) atoms. The Balaban J connectivity index is 1.94. The average molecular weight is 246 g/mol. The normalized spacial score (nSPS) is 15.3. The van der Waals surface area contributed by atoms with E-state index in [0.29, 0.717) is 0 Å². The third-order valence-corrected chi connectivity index (χ3v) is 3.62. The van der Waals surface area contributed by atoms with E-state index in [4.69, 9.17) is 0 Å². The first-order valence-electron chi connectivity index (χ1n) is 7.30. The maximum absolute atomic E-state index is 3.22. The van der Waals surface area contributed by atoms with Gasteiger partial charge >= 0.3 is 0 Å². The van der Waals surface area contributed by atoms with Crippen LogP contribution in [0.3, 0.4) is 0 Å². The van der Waals surface area contributed by atoms with Crippen LogP contribution in [-0.4, -0.2) is 24.5 Å². The highest BCUT2D eigenvalue weighted by Crippen LogP contribution is 2.28. The SMILES string of the molecule is CCCCN(Cc1cccc(CNC)c1)C1CC1. The van der Waals surface area contributed by atoms with Gasteiger partial charge in [0.2, 0.25) is 0 Å². The number of nitrogens with zero attached hydrogens (tertiary/aromatic N) is 1. The Morgan fingerprint density at radius 3 is 2.72 bits per heavy atom. The summed E-state index contributed by atoms with van der Waals surface area (Å²) < 4.78 is 0. The molecule has 0 amide bonds. The quantitative estimate of drug-likeness (QED) is 0.758. The third kappa shape index (κ3) is 4.11. The first-order chi connectivity index (χ1) is 8.83. The minimum Gasteiger partial charge on any atom is -0.316 e. The highest BCUT2D eigenvalue weighted by molar-refractivity contribution is 5.23. The summed E-state index contributed by atoms with van der Waals surface area (Å²) in [5.41, 5.74) is 2.85. The van der Waals surface area contributed by atoms with E-state index < -0.39 is 0 Å². The third-order valence-electron chi connectivity index (χ3n) is 3.62. The van der Waals surface area contributed by atoms with E-state index in [-0.39, 0.29) is 0 Å². The summed E-state index contributed by atoms with van der Waals surface area (Å²) in [5, 5.41) is 3.22. The van der Waals surface area contributed by atoms with Crippen LogP contribution in [0.5, 0.6) is 0 Å². The summed E-state index contributed by atoms with van der Waals surface area (Å²) in [6, 6.07) is 9.86. The van der Waals surface area contributed by atoms with E-state index >= 15 is 0 Å². The smallest absolute Gasteiger partial charge is 0.0236 e. The van der Waals surface area contributed by atoms with E-state index in [9.17, 15) is 0 Å². The van der Waals surface area contributed by atoms with Crippen LogP contribution in [0, 0.1) is 0 Å². The molecule has 2 rings (SSSR count). The van der Waals surface area contributed by atoms with Gasteiger partial charge in [-0.25, -0.2) is 0 Å². The highest BCUT2D eigenvalue weighted by Gasteiger charge is 2.28. The molecule has 1 N–H and O–H groups in total. The minimum absolute atomic E-state index is 0.865. The van der Waals surface area contributed by atoms with Gasteiger partial charge < -0.3 is 5.32 Å². The molecule has 0 spiro atoms. The van der Waals surface area contributed by atoms with Crippen LogP contribution in [0.25, 0.3) is 0 Å². The molecule has 1 aliphatic rings. The zero-order valence-corrected chi connectivity index (χ0v) is 11.8. The Hall–Kier alpha value is -0.860. The Morgan fingerprint density at radius 1 is 1.28 bits per heavy atom. The number of unbranched alkanes of at least 4 members (excludes halogenated alkanes) is 1. The molecule has 0 unspecified atom stereocenters. The predicted molar refractivity (Wildman–Crippen MR) is 77.5 cm³/mol. The largest absolute Gasteiger partial charge is 0.316 e. The molecule has 1 fully saturated rings. The first kappa shape index (κ1) is 13.6. The fourth-order valence-corrected chi connectivity index (χ4v) is 2.47. The Morgan fingerprint density at radius 2 is 2.06 bits per heavy atom. The standard InChI is InChI=1S/C16H26N2/c1-3-4-10-18(16-8-9-16)13-15-7-5-6-14(11-15)12-17-2/h5-7,11,16-17H,3-4,8-10,12-13H2,1-2H3. The van der Waals surface area contributed by atoms with Crippen molar-refractivity contribution in [1.29, 1.82) is 0 Å². The van der Waals surface area contributed by atoms with E-state index in [0.717, 1.165) is 19.1 Å². The van der Waals surface area contributed by atoms with Crippen molar-refractivity contribution >= 4 is 0 Å².